The quantitative estimate of drug-likeness (QED) is 0.697. The first kappa shape index (κ1) is 13.8. The SMILES string of the molecule is Cc1ccc2c(ccn2CCN2C(=O)c3ccccc3C2=O)c1. The molecule has 0 fully saturated rings. The molecule has 0 saturated carbocycles. The zero-order valence-corrected chi connectivity index (χ0v) is 12.8. The van der Waals surface area contributed by atoms with Gasteiger partial charge in [-0.2, -0.15) is 0 Å². The van der Waals surface area contributed by atoms with Crippen molar-refractivity contribution < 1.29 is 9.59 Å². The van der Waals surface area contributed by atoms with Gasteiger partial charge in [-0.05, 0) is 42.6 Å². The summed E-state index contributed by atoms with van der Waals surface area (Å²) in [6.45, 7) is 3.04. The van der Waals surface area contributed by atoms with E-state index in [2.05, 4.69) is 35.8 Å². The van der Waals surface area contributed by atoms with E-state index in [-0.39, 0.29) is 11.8 Å². The Morgan fingerprint density at radius 2 is 1.57 bits per heavy atom. The first-order valence-corrected chi connectivity index (χ1v) is 7.66. The fraction of sp³-hybridized carbons (Fsp3) is 0.158. The van der Waals surface area contributed by atoms with Gasteiger partial charge in [0.2, 0.25) is 0 Å². The Morgan fingerprint density at radius 3 is 2.26 bits per heavy atom. The number of rotatable bonds is 3. The molecule has 4 heteroatoms. The van der Waals surface area contributed by atoms with Crippen LogP contribution >= 0.6 is 0 Å². The van der Waals surface area contributed by atoms with E-state index in [1.807, 2.05) is 6.20 Å². The largest absolute Gasteiger partial charge is 0.346 e. The first-order chi connectivity index (χ1) is 11.1. The van der Waals surface area contributed by atoms with E-state index in [1.54, 1.807) is 24.3 Å². The predicted molar refractivity (Wildman–Crippen MR) is 88.5 cm³/mol. The van der Waals surface area contributed by atoms with Crippen LogP contribution in [0.25, 0.3) is 10.9 Å². The zero-order valence-electron chi connectivity index (χ0n) is 12.8. The van der Waals surface area contributed by atoms with Crippen molar-refractivity contribution in [2.24, 2.45) is 0 Å². The first-order valence-electron chi connectivity index (χ1n) is 7.66. The molecule has 114 valence electrons. The lowest BCUT2D eigenvalue weighted by Crippen LogP contribution is -2.32. The number of fused-ring (bicyclic) bond motifs is 2. The van der Waals surface area contributed by atoms with Crippen LogP contribution in [0.3, 0.4) is 0 Å². The number of hydrogen-bond donors (Lipinski definition) is 0. The van der Waals surface area contributed by atoms with E-state index in [1.165, 1.54) is 15.8 Å². The molecule has 0 aliphatic carbocycles. The molecule has 0 N–H and O–H groups in total. The molecule has 0 spiro atoms. The topological polar surface area (TPSA) is 42.3 Å². The second-order valence-corrected chi connectivity index (χ2v) is 5.88. The van der Waals surface area contributed by atoms with Gasteiger partial charge in [0, 0.05) is 24.8 Å². The Bertz CT molecular complexity index is 904. The molecule has 0 saturated heterocycles. The van der Waals surface area contributed by atoms with Gasteiger partial charge in [-0.3, -0.25) is 14.5 Å². The van der Waals surface area contributed by atoms with E-state index in [4.69, 9.17) is 0 Å². The highest BCUT2D eigenvalue weighted by molar-refractivity contribution is 6.21. The number of benzene rings is 2. The number of hydrogen-bond acceptors (Lipinski definition) is 2. The van der Waals surface area contributed by atoms with Gasteiger partial charge in [0.05, 0.1) is 11.1 Å². The number of carbonyl (C=O) groups is 2. The predicted octanol–water partition coefficient (Wildman–Crippen LogP) is 3.25. The maximum absolute atomic E-state index is 12.4. The third-order valence-corrected chi connectivity index (χ3v) is 4.37. The molecule has 0 bridgehead atoms. The van der Waals surface area contributed by atoms with Crippen LogP contribution in [0, 0.1) is 6.92 Å². The van der Waals surface area contributed by atoms with Crippen LogP contribution in [0.2, 0.25) is 0 Å². The van der Waals surface area contributed by atoms with E-state index < -0.39 is 0 Å². The molecule has 3 aromatic rings. The van der Waals surface area contributed by atoms with Crippen molar-refractivity contribution in [3.8, 4) is 0 Å². The third kappa shape index (κ3) is 2.14. The summed E-state index contributed by atoms with van der Waals surface area (Å²) in [5, 5.41) is 1.17. The van der Waals surface area contributed by atoms with E-state index in [0.29, 0.717) is 24.2 Å². The number of nitrogens with zero attached hydrogens (tertiary/aromatic N) is 2. The summed E-state index contributed by atoms with van der Waals surface area (Å²) < 4.78 is 2.08. The monoisotopic (exact) mass is 304 g/mol. The fourth-order valence-corrected chi connectivity index (χ4v) is 3.16. The van der Waals surface area contributed by atoms with Gasteiger partial charge >= 0.3 is 0 Å². The number of imide groups is 1. The maximum atomic E-state index is 12.4. The average Bonchev–Trinajstić information content (AvgIpc) is 3.06. The molecule has 1 aliphatic rings. The van der Waals surface area contributed by atoms with Gasteiger partial charge in [0.25, 0.3) is 11.8 Å². The molecule has 2 amide bonds. The summed E-state index contributed by atoms with van der Waals surface area (Å²) in [6.07, 6.45) is 2.00. The highest BCUT2D eigenvalue weighted by Gasteiger charge is 2.34. The zero-order chi connectivity index (χ0) is 16.0. The highest BCUT2D eigenvalue weighted by Crippen LogP contribution is 2.23. The van der Waals surface area contributed by atoms with Gasteiger partial charge in [-0.15, -0.1) is 0 Å². The summed E-state index contributed by atoms with van der Waals surface area (Å²) in [6, 6.07) is 15.3. The number of aromatic nitrogens is 1. The Kier molecular flexibility index (Phi) is 3.05. The van der Waals surface area contributed by atoms with Crippen LogP contribution in [0.1, 0.15) is 26.3 Å². The molecular formula is C19H16N2O2. The lowest BCUT2D eigenvalue weighted by Gasteiger charge is -2.15. The number of aryl methyl sites for hydroxylation is 1. The molecule has 4 rings (SSSR count). The molecule has 0 radical (unpaired) electrons. The molecule has 0 atom stereocenters. The third-order valence-electron chi connectivity index (χ3n) is 4.37. The molecular weight excluding hydrogens is 288 g/mol. The van der Waals surface area contributed by atoms with Crippen LogP contribution in [-0.4, -0.2) is 27.8 Å². The van der Waals surface area contributed by atoms with Crippen molar-refractivity contribution in [3.63, 3.8) is 0 Å². The van der Waals surface area contributed by atoms with Gasteiger partial charge < -0.3 is 4.57 Å². The molecule has 2 heterocycles. The highest BCUT2D eigenvalue weighted by atomic mass is 16.2. The minimum atomic E-state index is -0.196. The standard InChI is InChI=1S/C19H16N2O2/c1-13-6-7-17-14(12-13)8-9-20(17)10-11-21-18(22)15-4-2-3-5-16(15)19(21)23/h2-9,12H,10-11H2,1H3. The normalized spacial score (nSPS) is 13.9. The molecule has 1 aliphatic heterocycles. The van der Waals surface area contributed by atoms with Crippen LogP contribution in [0.15, 0.2) is 54.7 Å². The summed E-state index contributed by atoms with van der Waals surface area (Å²) in [4.78, 5) is 26.1. The van der Waals surface area contributed by atoms with E-state index >= 15 is 0 Å². The summed E-state index contributed by atoms with van der Waals surface area (Å²) in [5.41, 5.74) is 3.35. The van der Waals surface area contributed by atoms with Crippen LogP contribution in [0.4, 0.5) is 0 Å². The average molecular weight is 304 g/mol. The van der Waals surface area contributed by atoms with Crippen molar-refractivity contribution in [1.29, 1.82) is 0 Å². The van der Waals surface area contributed by atoms with Gasteiger partial charge in [0.1, 0.15) is 0 Å². The minimum absolute atomic E-state index is 0.196. The summed E-state index contributed by atoms with van der Waals surface area (Å²) in [5.74, 6) is -0.393. The van der Waals surface area contributed by atoms with Crippen molar-refractivity contribution in [3.05, 3.63) is 71.4 Å². The lowest BCUT2D eigenvalue weighted by molar-refractivity contribution is 0.0649. The Morgan fingerprint density at radius 1 is 0.870 bits per heavy atom. The molecule has 2 aromatic carbocycles. The molecule has 0 unspecified atom stereocenters. The van der Waals surface area contributed by atoms with Gasteiger partial charge in [0.15, 0.2) is 0 Å². The van der Waals surface area contributed by atoms with Crippen LogP contribution in [0.5, 0.6) is 0 Å². The van der Waals surface area contributed by atoms with Gasteiger partial charge in [-0.1, -0.05) is 23.8 Å². The molecule has 1 aromatic heterocycles. The molecule has 23 heavy (non-hydrogen) atoms. The maximum Gasteiger partial charge on any atom is 0.261 e. The number of carbonyl (C=O) groups excluding carboxylic acids is 2. The summed E-state index contributed by atoms with van der Waals surface area (Å²) >= 11 is 0. The fourth-order valence-electron chi connectivity index (χ4n) is 3.16. The van der Waals surface area contributed by atoms with E-state index in [9.17, 15) is 9.59 Å². The number of amides is 2. The van der Waals surface area contributed by atoms with Crippen molar-refractivity contribution in [2.75, 3.05) is 6.54 Å². The lowest BCUT2D eigenvalue weighted by atomic mass is 10.1. The van der Waals surface area contributed by atoms with Crippen LogP contribution < -0.4 is 0 Å². The van der Waals surface area contributed by atoms with Crippen molar-refractivity contribution in [1.82, 2.24) is 9.47 Å². The Labute approximate surface area is 133 Å². The second kappa shape index (κ2) is 5.09. The Hall–Kier alpha value is -2.88. The van der Waals surface area contributed by atoms with Crippen molar-refractivity contribution >= 4 is 22.7 Å². The van der Waals surface area contributed by atoms with Crippen LogP contribution in [-0.2, 0) is 6.54 Å². The Balaban J connectivity index is 1.58. The molecule has 4 nitrogen and oxygen atoms in total. The van der Waals surface area contributed by atoms with Gasteiger partial charge in [-0.25, -0.2) is 0 Å². The second-order valence-electron chi connectivity index (χ2n) is 5.88. The minimum Gasteiger partial charge on any atom is -0.346 e. The smallest absolute Gasteiger partial charge is 0.261 e. The summed E-state index contributed by atoms with van der Waals surface area (Å²) in [7, 11) is 0. The van der Waals surface area contributed by atoms with E-state index in [0.717, 1.165) is 5.52 Å². The van der Waals surface area contributed by atoms with Crippen molar-refractivity contribution in [2.45, 2.75) is 13.5 Å².